The number of carbonyl (C=O) groups is 1. The topological polar surface area (TPSA) is 71.3 Å². The summed E-state index contributed by atoms with van der Waals surface area (Å²) >= 11 is 0. The van der Waals surface area contributed by atoms with Crippen molar-refractivity contribution in [2.45, 2.75) is 69.7 Å². The van der Waals surface area contributed by atoms with E-state index in [0.717, 1.165) is 19.6 Å². The molecule has 7 heteroatoms. The van der Waals surface area contributed by atoms with Crippen LogP contribution in [0.4, 0.5) is 4.39 Å². The number of carbonyl (C=O) groups excluding carboxylic acids is 1. The van der Waals surface area contributed by atoms with Gasteiger partial charge < -0.3 is 9.84 Å². The van der Waals surface area contributed by atoms with Gasteiger partial charge in [-0.2, -0.15) is 4.98 Å². The third kappa shape index (κ3) is 5.06. The van der Waals surface area contributed by atoms with Crippen LogP contribution in [0.15, 0.2) is 28.8 Å². The summed E-state index contributed by atoms with van der Waals surface area (Å²) in [6, 6.07) is 5.95. The average molecular weight is 415 g/mol. The zero-order chi connectivity index (χ0) is 20.8. The molecule has 162 valence electrons. The van der Waals surface area contributed by atoms with E-state index in [9.17, 15) is 9.18 Å². The van der Waals surface area contributed by atoms with Gasteiger partial charge in [-0.3, -0.25) is 9.69 Å². The number of halogens is 1. The van der Waals surface area contributed by atoms with E-state index >= 15 is 0 Å². The molecule has 2 fully saturated rings. The van der Waals surface area contributed by atoms with Gasteiger partial charge in [0.25, 0.3) is 0 Å². The molecule has 6 nitrogen and oxygen atoms in total. The molecular formula is C23H31FN4O2. The lowest BCUT2D eigenvalue weighted by Gasteiger charge is -2.48. The first-order valence-corrected chi connectivity index (χ1v) is 11.2. The number of nitrogens with one attached hydrogen (secondary N) is 1. The van der Waals surface area contributed by atoms with Crippen LogP contribution in [0.25, 0.3) is 11.4 Å². The maximum Gasteiger partial charge on any atom is 0.227 e. The van der Waals surface area contributed by atoms with Gasteiger partial charge in [-0.25, -0.2) is 4.39 Å². The highest BCUT2D eigenvalue weighted by molar-refractivity contribution is 5.76. The Bertz CT molecular complexity index is 824. The number of nitrogens with zero attached hydrogens (tertiary/aromatic N) is 3. The van der Waals surface area contributed by atoms with Gasteiger partial charge in [0.15, 0.2) is 0 Å². The summed E-state index contributed by atoms with van der Waals surface area (Å²) in [6.07, 6.45) is 10.7. The van der Waals surface area contributed by atoms with Crippen LogP contribution >= 0.6 is 0 Å². The fourth-order valence-electron chi connectivity index (χ4n) is 4.83. The molecular weight excluding hydrogens is 383 g/mol. The number of likely N-dealkylation sites (tertiary alicyclic amines) is 1. The predicted molar refractivity (Wildman–Crippen MR) is 112 cm³/mol. The molecule has 30 heavy (non-hydrogen) atoms. The molecule has 1 saturated heterocycles. The van der Waals surface area contributed by atoms with Crippen LogP contribution in [0.1, 0.15) is 63.7 Å². The van der Waals surface area contributed by atoms with E-state index in [-0.39, 0.29) is 17.3 Å². The Morgan fingerprint density at radius 1 is 1.07 bits per heavy atom. The van der Waals surface area contributed by atoms with Crippen LogP contribution < -0.4 is 5.32 Å². The van der Waals surface area contributed by atoms with Crippen molar-refractivity contribution in [2.75, 3.05) is 19.6 Å². The zero-order valence-electron chi connectivity index (χ0n) is 17.5. The summed E-state index contributed by atoms with van der Waals surface area (Å²) in [6.45, 7) is 3.05. The zero-order valence-corrected chi connectivity index (χ0v) is 17.5. The molecule has 0 radical (unpaired) electrons. The molecule has 2 aromatic rings. The molecule has 1 aliphatic heterocycles. The van der Waals surface area contributed by atoms with E-state index in [4.69, 9.17) is 4.52 Å². The molecule has 0 atom stereocenters. The maximum absolute atomic E-state index is 13.1. The first-order valence-electron chi connectivity index (χ1n) is 11.2. The molecule has 0 unspecified atom stereocenters. The van der Waals surface area contributed by atoms with Crippen LogP contribution in [-0.4, -0.2) is 46.1 Å². The summed E-state index contributed by atoms with van der Waals surface area (Å²) in [4.78, 5) is 19.5. The number of aromatic nitrogens is 2. The third-order valence-corrected chi connectivity index (χ3v) is 6.56. The van der Waals surface area contributed by atoms with Gasteiger partial charge in [0.05, 0.1) is 0 Å². The van der Waals surface area contributed by atoms with E-state index in [0.29, 0.717) is 30.1 Å². The van der Waals surface area contributed by atoms with Crippen LogP contribution in [0.2, 0.25) is 0 Å². The number of aryl methyl sites for hydroxylation is 1. The molecule has 1 N–H and O–H groups in total. The van der Waals surface area contributed by atoms with Gasteiger partial charge in [-0.05, 0) is 63.0 Å². The van der Waals surface area contributed by atoms with Gasteiger partial charge in [0.1, 0.15) is 5.82 Å². The van der Waals surface area contributed by atoms with Crippen molar-refractivity contribution in [1.82, 2.24) is 20.4 Å². The Hall–Kier alpha value is -2.28. The van der Waals surface area contributed by atoms with Crippen molar-refractivity contribution in [2.24, 2.45) is 0 Å². The average Bonchev–Trinajstić information content (AvgIpc) is 3.27. The van der Waals surface area contributed by atoms with E-state index in [2.05, 4.69) is 20.4 Å². The summed E-state index contributed by atoms with van der Waals surface area (Å²) < 4.78 is 18.3. The second-order valence-electron chi connectivity index (χ2n) is 8.63. The number of benzene rings is 1. The molecule has 1 aromatic carbocycles. The summed E-state index contributed by atoms with van der Waals surface area (Å²) in [7, 11) is 0. The van der Waals surface area contributed by atoms with Crippen molar-refractivity contribution >= 4 is 5.91 Å². The SMILES string of the molecule is O=C(CCc1nc(-c2ccc(F)cc2)no1)NCC1(N2CCCCC2)CCCCC1. The van der Waals surface area contributed by atoms with Crippen molar-refractivity contribution in [3.05, 3.63) is 36.0 Å². The molecule has 1 aliphatic carbocycles. The molecule has 4 rings (SSSR count). The molecule has 2 aliphatic rings. The Balaban J connectivity index is 1.29. The molecule has 1 aromatic heterocycles. The summed E-state index contributed by atoms with van der Waals surface area (Å²) in [5.41, 5.74) is 0.825. The number of hydrogen-bond donors (Lipinski definition) is 1. The van der Waals surface area contributed by atoms with E-state index in [1.807, 2.05) is 0 Å². The molecule has 1 amide bonds. The van der Waals surface area contributed by atoms with Gasteiger partial charge in [-0.15, -0.1) is 0 Å². The normalized spacial score (nSPS) is 19.5. The molecule has 0 bridgehead atoms. The largest absolute Gasteiger partial charge is 0.354 e. The Morgan fingerprint density at radius 2 is 1.77 bits per heavy atom. The minimum atomic E-state index is -0.306. The van der Waals surface area contributed by atoms with Gasteiger partial charge >= 0.3 is 0 Å². The molecule has 1 saturated carbocycles. The standard InChI is InChI=1S/C23H31FN4O2/c24-19-9-7-18(8-10-19)22-26-21(30-27-22)12-11-20(29)25-17-23(13-3-1-4-14-23)28-15-5-2-6-16-28/h7-10H,1-6,11-17H2,(H,25,29). The number of amides is 1. The first-order chi connectivity index (χ1) is 14.6. The number of hydrogen-bond acceptors (Lipinski definition) is 5. The lowest BCUT2D eigenvalue weighted by Crippen LogP contribution is -2.58. The minimum absolute atomic E-state index is 0.0264. The van der Waals surface area contributed by atoms with Crippen LogP contribution in [0.3, 0.4) is 0 Å². The smallest absolute Gasteiger partial charge is 0.227 e. The van der Waals surface area contributed by atoms with Gasteiger partial charge in [0.2, 0.25) is 17.6 Å². The summed E-state index contributed by atoms with van der Waals surface area (Å²) in [5, 5.41) is 7.13. The van der Waals surface area contributed by atoms with Crippen molar-refractivity contribution < 1.29 is 13.7 Å². The third-order valence-electron chi connectivity index (χ3n) is 6.56. The maximum atomic E-state index is 13.1. The van der Waals surface area contributed by atoms with Crippen molar-refractivity contribution in [3.8, 4) is 11.4 Å². The fourth-order valence-corrected chi connectivity index (χ4v) is 4.83. The van der Waals surface area contributed by atoms with E-state index in [1.54, 1.807) is 12.1 Å². The van der Waals surface area contributed by atoms with Gasteiger partial charge in [0, 0.05) is 30.5 Å². The lowest BCUT2D eigenvalue weighted by atomic mass is 9.79. The molecule has 0 spiro atoms. The minimum Gasteiger partial charge on any atom is -0.354 e. The highest BCUT2D eigenvalue weighted by Crippen LogP contribution is 2.35. The highest BCUT2D eigenvalue weighted by atomic mass is 19.1. The van der Waals surface area contributed by atoms with Crippen molar-refractivity contribution in [1.29, 1.82) is 0 Å². The van der Waals surface area contributed by atoms with Crippen LogP contribution in [-0.2, 0) is 11.2 Å². The van der Waals surface area contributed by atoms with Crippen molar-refractivity contribution in [3.63, 3.8) is 0 Å². The van der Waals surface area contributed by atoms with Crippen LogP contribution in [0, 0.1) is 5.82 Å². The first kappa shape index (κ1) is 21.0. The monoisotopic (exact) mass is 414 g/mol. The van der Waals surface area contributed by atoms with Crippen LogP contribution in [0.5, 0.6) is 0 Å². The Kier molecular flexibility index (Phi) is 6.77. The Labute approximate surface area is 177 Å². The second kappa shape index (κ2) is 9.69. The van der Waals surface area contributed by atoms with Gasteiger partial charge in [-0.1, -0.05) is 30.8 Å². The number of rotatable bonds is 7. The number of piperidine rings is 1. The van der Waals surface area contributed by atoms with E-state index < -0.39 is 0 Å². The summed E-state index contributed by atoms with van der Waals surface area (Å²) in [5.74, 6) is 0.558. The lowest BCUT2D eigenvalue weighted by molar-refractivity contribution is -0.122. The fraction of sp³-hybridized carbons (Fsp3) is 0.609. The second-order valence-corrected chi connectivity index (χ2v) is 8.63. The van der Waals surface area contributed by atoms with E-state index in [1.165, 1.54) is 63.5 Å². The predicted octanol–water partition coefficient (Wildman–Crippen LogP) is 4.11. The highest BCUT2D eigenvalue weighted by Gasteiger charge is 2.38. The Morgan fingerprint density at radius 3 is 2.50 bits per heavy atom. The quantitative estimate of drug-likeness (QED) is 0.738. The molecule has 2 heterocycles.